The third kappa shape index (κ3) is 6.90. The third-order valence-corrected chi connectivity index (χ3v) is 5.92. The first-order valence-electron chi connectivity index (χ1n) is 11.4. The molecule has 174 valence electrons. The lowest BCUT2D eigenvalue weighted by Crippen LogP contribution is -2.48. The van der Waals surface area contributed by atoms with Gasteiger partial charge in [-0.1, -0.05) is 18.2 Å². The molecule has 6 nitrogen and oxygen atoms in total. The normalized spacial score (nSPS) is 22.6. The van der Waals surface area contributed by atoms with Crippen LogP contribution in [0.25, 0.3) is 0 Å². The Hall–Kier alpha value is -2.19. The quantitative estimate of drug-likeness (QED) is 0.642. The highest BCUT2D eigenvalue weighted by molar-refractivity contribution is 5.28. The van der Waals surface area contributed by atoms with Gasteiger partial charge in [-0.2, -0.15) is 0 Å². The van der Waals surface area contributed by atoms with Gasteiger partial charge < -0.3 is 19.3 Å². The zero-order chi connectivity index (χ0) is 22.2. The van der Waals surface area contributed by atoms with Gasteiger partial charge in [0.05, 0.1) is 13.2 Å². The van der Waals surface area contributed by atoms with Crippen LogP contribution in [0.2, 0.25) is 0 Å². The van der Waals surface area contributed by atoms with Crippen molar-refractivity contribution in [3.63, 3.8) is 0 Å². The zero-order valence-electron chi connectivity index (χ0n) is 18.5. The summed E-state index contributed by atoms with van der Waals surface area (Å²) < 4.78 is 30.7. The number of nitrogens with zero attached hydrogens (tertiary/aromatic N) is 2. The molecule has 2 heterocycles. The Morgan fingerprint density at radius 3 is 2.56 bits per heavy atom. The second-order valence-electron chi connectivity index (χ2n) is 8.78. The van der Waals surface area contributed by atoms with E-state index < -0.39 is 5.60 Å². The van der Waals surface area contributed by atoms with Crippen molar-refractivity contribution in [2.75, 3.05) is 59.2 Å². The molecule has 2 saturated heterocycles. The van der Waals surface area contributed by atoms with Crippen LogP contribution in [0.3, 0.4) is 0 Å². The number of ether oxygens (including phenoxy) is 3. The highest BCUT2D eigenvalue weighted by Gasteiger charge is 2.33. The first-order chi connectivity index (χ1) is 15.6. The monoisotopic (exact) mass is 444 g/mol. The van der Waals surface area contributed by atoms with E-state index in [1.165, 1.54) is 38.1 Å². The Bertz CT molecular complexity index is 861. The predicted molar refractivity (Wildman–Crippen MR) is 121 cm³/mol. The SMILES string of the molecule is O[C@@]1(COc2cccc(F)c2)COCCN(Cc2cccc(OCCN3CCCC3)c2)C1. The number of aliphatic hydroxyl groups is 1. The first-order valence-corrected chi connectivity index (χ1v) is 11.4. The summed E-state index contributed by atoms with van der Waals surface area (Å²) in [6.45, 7) is 6.54. The van der Waals surface area contributed by atoms with Gasteiger partial charge in [0.1, 0.15) is 36.1 Å². The van der Waals surface area contributed by atoms with E-state index in [4.69, 9.17) is 14.2 Å². The number of rotatable bonds is 9. The van der Waals surface area contributed by atoms with E-state index in [1.807, 2.05) is 12.1 Å². The van der Waals surface area contributed by atoms with E-state index in [-0.39, 0.29) is 19.0 Å². The van der Waals surface area contributed by atoms with Crippen LogP contribution in [0.15, 0.2) is 48.5 Å². The standard InChI is InChI=1S/C25H33FN2O4/c26-22-6-4-8-24(16-22)32-20-25(29)18-28(11-13-30-19-25)17-21-5-3-7-23(15-21)31-14-12-27-9-1-2-10-27/h3-8,15-16,29H,1-2,9-14,17-20H2/t25-/m1/s1. The number of hydrogen-bond acceptors (Lipinski definition) is 6. The molecule has 0 spiro atoms. The van der Waals surface area contributed by atoms with E-state index >= 15 is 0 Å². The fourth-order valence-corrected chi connectivity index (χ4v) is 4.28. The van der Waals surface area contributed by atoms with Gasteiger partial charge in [-0.25, -0.2) is 4.39 Å². The zero-order valence-corrected chi connectivity index (χ0v) is 18.5. The minimum atomic E-state index is -1.17. The minimum Gasteiger partial charge on any atom is -0.492 e. The van der Waals surface area contributed by atoms with Gasteiger partial charge in [0.25, 0.3) is 0 Å². The molecule has 0 unspecified atom stereocenters. The van der Waals surface area contributed by atoms with Crippen molar-refractivity contribution >= 4 is 0 Å². The summed E-state index contributed by atoms with van der Waals surface area (Å²) in [4.78, 5) is 4.60. The highest BCUT2D eigenvalue weighted by Crippen LogP contribution is 2.20. The molecule has 0 radical (unpaired) electrons. The lowest BCUT2D eigenvalue weighted by molar-refractivity contribution is -0.0647. The van der Waals surface area contributed by atoms with E-state index in [0.29, 0.717) is 38.6 Å². The van der Waals surface area contributed by atoms with Crippen molar-refractivity contribution in [1.82, 2.24) is 9.80 Å². The third-order valence-electron chi connectivity index (χ3n) is 5.92. The number of hydrogen-bond donors (Lipinski definition) is 1. The van der Waals surface area contributed by atoms with E-state index in [0.717, 1.165) is 17.9 Å². The average Bonchev–Trinajstić information content (AvgIpc) is 3.22. The molecule has 0 aliphatic carbocycles. The Balaban J connectivity index is 1.30. The molecule has 0 bridgehead atoms. The van der Waals surface area contributed by atoms with Crippen LogP contribution in [0, 0.1) is 5.82 Å². The molecule has 32 heavy (non-hydrogen) atoms. The lowest BCUT2D eigenvalue weighted by Gasteiger charge is -2.30. The van der Waals surface area contributed by atoms with Crippen LogP contribution in [0.1, 0.15) is 18.4 Å². The minimum absolute atomic E-state index is 0.0343. The second-order valence-corrected chi connectivity index (χ2v) is 8.78. The van der Waals surface area contributed by atoms with Crippen molar-refractivity contribution in [3.05, 3.63) is 59.9 Å². The smallest absolute Gasteiger partial charge is 0.134 e. The molecule has 0 saturated carbocycles. The van der Waals surface area contributed by atoms with E-state index in [1.54, 1.807) is 12.1 Å². The van der Waals surface area contributed by atoms with Crippen LogP contribution in [-0.4, -0.2) is 79.7 Å². The van der Waals surface area contributed by atoms with Gasteiger partial charge in [0.2, 0.25) is 0 Å². The van der Waals surface area contributed by atoms with Crippen LogP contribution < -0.4 is 9.47 Å². The van der Waals surface area contributed by atoms with Gasteiger partial charge in [-0.3, -0.25) is 9.80 Å². The first kappa shape index (κ1) is 23.0. The van der Waals surface area contributed by atoms with Gasteiger partial charge >= 0.3 is 0 Å². The molecule has 1 atom stereocenters. The summed E-state index contributed by atoms with van der Waals surface area (Å²) in [5, 5.41) is 11.1. The summed E-state index contributed by atoms with van der Waals surface area (Å²) >= 11 is 0. The lowest BCUT2D eigenvalue weighted by atomic mass is 10.1. The van der Waals surface area contributed by atoms with Crippen molar-refractivity contribution in [2.24, 2.45) is 0 Å². The van der Waals surface area contributed by atoms with Crippen molar-refractivity contribution in [1.29, 1.82) is 0 Å². The molecule has 4 rings (SSSR count). The maximum Gasteiger partial charge on any atom is 0.134 e. The highest BCUT2D eigenvalue weighted by atomic mass is 19.1. The molecule has 2 fully saturated rings. The molecule has 0 aromatic heterocycles. The predicted octanol–water partition coefficient (Wildman–Crippen LogP) is 2.94. The largest absolute Gasteiger partial charge is 0.492 e. The summed E-state index contributed by atoms with van der Waals surface area (Å²) in [6.07, 6.45) is 2.57. The van der Waals surface area contributed by atoms with Gasteiger partial charge in [-0.05, 0) is 55.8 Å². The van der Waals surface area contributed by atoms with Gasteiger partial charge in [0.15, 0.2) is 0 Å². The fourth-order valence-electron chi connectivity index (χ4n) is 4.28. The van der Waals surface area contributed by atoms with E-state index in [9.17, 15) is 9.50 Å². The Kier molecular flexibility index (Phi) is 7.97. The molecular formula is C25H33FN2O4. The average molecular weight is 445 g/mol. The number of halogens is 1. The van der Waals surface area contributed by atoms with Crippen molar-refractivity contribution < 1.29 is 23.7 Å². The molecule has 2 aromatic rings. The fraction of sp³-hybridized carbons (Fsp3) is 0.520. The summed E-state index contributed by atoms with van der Waals surface area (Å²) in [5.74, 6) is 0.904. The van der Waals surface area contributed by atoms with E-state index in [2.05, 4.69) is 21.9 Å². The molecule has 2 aromatic carbocycles. The van der Waals surface area contributed by atoms with Crippen LogP contribution in [0.4, 0.5) is 4.39 Å². The topological polar surface area (TPSA) is 54.4 Å². The molecule has 2 aliphatic rings. The van der Waals surface area contributed by atoms with Crippen LogP contribution in [-0.2, 0) is 11.3 Å². The Labute approximate surface area is 189 Å². The molecule has 0 amide bonds. The van der Waals surface area contributed by atoms with Crippen molar-refractivity contribution in [2.45, 2.75) is 25.0 Å². The Morgan fingerprint density at radius 2 is 1.75 bits per heavy atom. The molecule has 1 N–H and O–H groups in total. The maximum atomic E-state index is 13.4. The van der Waals surface area contributed by atoms with Gasteiger partial charge in [-0.15, -0.1) is 0 Å². The second kappa shape index (κ2) is 11.1. The summed E-state index contributed by atoms with van der Waals surface area (Å²) in [5.41, 5.74) is -0.0499. The van der Waals surface area contributed by atoms with Gasteiger partial charge in [0, 0.05) is 32.2 Å². The number of benzene rings is 2. The Morgan fingerprint density at radius 1 is 0.969 bits per heavy atom. The number of likely N-dealkylation sites (tertiary alicyclic amines) is 1. The van der Waals surface area contributed by atoms with Crippen LogP contribution in [0.5, 0.6) is 11.5 Å². The maximum absolute atomic E-state index is 13.4. The summed E-state index contributed by atoms with van der Waals surface area (Å²) in [7, 11) is 0. The molecule has 7 heteroatoms. The van der Waals surface area contributed by atoms with Crippen molar-refractivity contribution in [3.8, 4) is 11.5 Å². The summed E-state index contributed by atoms with van der Waals surface area (Å²) in [6, 6.07) is 14.1. The molecular weight excluding hydrogens is 411 g/mol. The number of β-amino-alcohol motifs (C(OH)–C–C–N with tert-alkyl or cyclic N) is 1. The van der Waals surface area contributed by atoms with Crippen LogP contribution >= 0.6 is 0 Å². The molecule has 2 aliphatic heterocycles.